The Morgan fingerprint density at radius 2 is 1.94 bits per heavy atom. The molecule has 3 fully saturated rings. The number of rotatable bonds is 10. The molecular formula is C24H35N7O2. The number of amides is 2. The maximum Gasteiger partial charge on any atom is 0.224 e. The van der Waals surface area contributed by atoms with Crippen LogP contribution in [0.5, 0.6) is 0 Å². The molecule has 2 amide bonds. The molecule has 1 unspecified atom stereocenters. The molecule has 2 N–H and O–H groups in total. The third-order valence-electron chi connectivity index (χ3n) is 6.72. The van der Waals surface area contributed by atoms with Crippen molar-refractivity contribution in [2.24, 2.45) is 11.8 Å². The predicted octanol–water partition coefficient (Wildman–Crippen LogP) is 0.873. The topological polar surface area (TPSA) is 95.4 Å². The summed E-state index contributed by atoms with van der Waals surface area (Å²) in [6.45, 7) is 6.70. The van der Waals surface area contributed by atoms with Crippen molar-refractivity contribution in [1.29, 1.82) is 0 Å². The second-order valence-electron chi connectivity index (χ2n) is 9.40. The zero-order chi connectivity index (χ0) is 23.2. The van der Waals surface area contributed by atoms with E-state index in [1.807, 2.05) is 10.7 Å². The van der Waals surface area contributed by atoms with Crippen LogP contribution in [0.2, 0.25) is 0 Å². The first-order chi connectivity index (χ1) is 16.0. The Kier molecular flexibility index (Phi) is 7.72. The molecule has 1 aromatic heterocycles. The summed E-state index contributed by atoms with van der Waals surface area (Å²) >= 11 is 0. The summed E-state index contributed by atoms with van der Waals surface area (Å²) in [6, 6.07) is 10.8. The van der Waals surface area contributed by atoms with Crippen LogP contribution in [0.25, 0.3) is 0 Å². The summed E-state index contributed by atoms with van der Waals surface area (Å²) in [5.74, 6) is 0.470. The zero-order valence-electron chi connectivity index (χ0n) is 19.6. The first-order valence-electron chi connectivity index (χ1n) is 11.9. The Labute approximate surface area is 195 Å². The van der Waals surface area contributed by atoms with Crippen molar-refractivity contribution in [1.82, 2.24) is 35.4 Å². The van der Waals surface area contributed by atoms with Crippen molar-refractivity contribution in [2.45, 2.75) is 45.4 Å². The Bertz CT molecular complexity index is 932. The normalized spacial score (nSPS) is 24.1. The van der Waals surface area contributed by atoms with Crippen LogP contribution in [0.4, 0.5) is 0 Å². The van der Waals surface area contributed by atoms with Gasteiger partial charge in [-0.3, -0.25) is 24.1 Å². The van der Waals surface area contributed by atoms with Gasteiger partial charge in [0.1, 0.15) is 0 Å². The van der Waals surface area contributed by atoms with E-state index in [9.17, 15) is 9.59 Å². The molecule has 3 saturated heterocycles. The highest BCUT2D eigenvalue weighted by Crippen LogP contribution is 2.36. The van der Waals surface area contributed by atoms with Crippen LogP contribution in [0.15, 0.2) is 36.5 Å². The van der Waals surface area contributed by atoms with Gasteiger partial charge in [0.05, 0.1) is 18.2 Å². The number of nitrogens with zero attached hydrogens (tertiary/aromatic N) is 5. The molecule has 2 bridgehead atoms. The number of carbonyl (C=O) groups is 2. The van der Waals surface area contributed by atoms with Crippen LogP contribution < -0.4 is 10.6 Å². The Morgan fingerprint density at radius 3 is 2.67 bits per heavy atom. The molecule has 3 aliphatic heterocycles. The molecule has 4 atom stereocenters. The minimum atomic E-state index is -0.0750. The van der Waals surface area contributed by atoms with Crippen LogP contribution in [-0.2, 0) is 29.2 Å². The largest absolute Gasteiger partial charge is 0.355 e. The predicted molar refractivity (Wildman–Crippen MR) is 125 cm³/mol. The summed E-state index contributed by atoms with van der Waals surface area (Å²) in [5.41, 5.74) is 2.26. The number of piperidine rings is 3. The number of benzene rings is 1. The summed E-state index contributed by atoms with van der Waals surface area (Å²) < 4.78 is 1.96. The Hall–Kier alpha value is -2.78. The van der Waals surface area contributed by atoms with Crippen molar-refractivity contribution in [3.63, 3.8) is 0 Å². The fraction of sp³-hybridized carbons (Fsp3) is 0.583. The number of hydrogen-bond donors (Lipinski definition) is 2. The fourth-order valence-corrected chi connectivity index (χ4v) is 5.12. The van der Waals surface area contributed by atoms with E-state index in [1.54, 1.807) is 0 Å². The number of carbonyl (C=O) groups excluding carboxylic acids is 2. The highest BCUT2D eigenvalue weighted by molar-refractivity contribution is 5.79. The number of fused-ring (bicyclic) bond motifs is 3. The van der Waals surface area contributed by atoms with E-state index in [0.29, 0.717) is 25.0 Å². The van der Waals surface area contributed by atoms with Gasteiger partial charge in [-0.15, -0.1) is 5.10 Å². The van der Waals surface area contributed by atoms with Gasteiger partial charge in [0.15, 0.2) is 0 Å². The lowest BCUT2D eigenvalue weighted by Crippen LogP contribution is -2.58. The first-order valence-corrected chi connectivity index (χ1v) is 11.9. The minimum Gasteiger partial charge on any atom is -0.355 e. The van der Waals surface area contributed by atoms with Gasteiger partial charge < -0.3 is 10.6 Å². The number of nitrogens with one attached hydrogen (secondary N) is 2. The first kappa shape index (κ1) is 23.4. The molecule has 178 valence electrons. The second kappa shape index (κ2) is 10.9. The molecule has 0 aliphatic carbocycles. The average Bonchev–Trinajstić information content (AvgIpc) is 3.24. The second-order valence-corrected chi connectivity index (χ2v) is 9.40. The Balaban J connectivity index is 1.24. The van der Waals surface area contributed by atoms with Crippen LogP contribution in [-0.4, -0.2) is 75.9 Å². The molecule has 0 radical (unpaired) electrons. The number of aromatic nitrogens is 3. The van der Waals surface area contributed by atoms with E-state index in [-0.39, 0.29) is 17.7 Å². The zero-order valence-corrected chi connectivity index (χ0v) is 19.6. The van der Waals surface area contributed by atoms with Crippen molar-refractivity contribution < 1.29 is 9.59 Å². The van der Waals surface area contributed by atoms with Crippen LogP contribution in [0, 0.1) is 11.8 Å². The highest BCUT2D eigenvalue weighted by atomic mass is 16.2. The lowest BCUT2D eigenvalue weighted by molar-refractivity contribution is -0.133. The molecular weight excluding hydrogens is 418 g/mol. The van der Waals surface area contributed by atoms with Crippen molar-refractivity contribution in [3.8, 4) is 0 Å². The average molecular weight is 454 g/mol. The Morgan fingerprint density at radius 1 is 1.15 bits per heavy atom. The van der Waals surface area contributed by atoms with Crippen LogP contribution >= 0.6 is 0 Å². The van der Waals surface area contributed by atoms with E-state index >= 15 is 0 Å². The van der Waals surface area contributed by atoms with Gasteiger partial charge in [0.25, 0.3) is 0 Å². The fourth-order valence-electron chi connectivity index (χ4n) is 5.12. The molecule has 5 rings (SSSR count). The monoisotopic (exact) mass is 453 g/mol. The third kappa shape index (κ3) is 6.39. The van der Waals surface area contributed by atoms with E-state index in [2.05, 4.69) is 68.3 Å². The van der Waals surface area contributed by atoms with E-state index < -0.39 is 0 Å². The molecule has 9 nitrogen and oxygen atoms in total. The quantitative estimate of drug-likeness (QED) is 0.519. The summed E-state index contributed by atoms with van der Waals surface area (Å²) in [5, 5.41) is 14.5. The molecule has 4 heterocycles. The van der Waals surface area contributed by atoms with Gasteiger partial charge in [-0.25, -0.2) is 0 Å². The molecule has 0 spiro atoms. The summed E-state index contributed by atoms with van der Waals surface area (Å²) in [6.07, 6.45) is 4.12. The summed E-state index contributed by atoms with van der Waals surface area (Å²) in [4.78, 5) is 28.3. The molecule has 33 heavy (non-hydrogen) atoms. The van der Waals surface area contributed by atoms with Gasteiger partial charge in [-0.1, -0.05) is 35.5 Å². The maximum atomic E-state index is 12.7. The van der Waals surface area contributed by atoms with Gasteiger partial charge in [0, 0.05) is 51.9 Å². The maximum absolute atomic E-state index is 12.7. The van der Waals surface area contributed by atoms with E-state index in [1.165, 1.54) is 12.5 Å². The van der Waals surface area contributed by atoms with Gasteiger partial charge in [-0.05, 0) is 37.9 Å². The smallest absolute Gasteiger partial charge is 0.224 e. The lowest BCUT2D eigenvalue weighted by atomic mass is 9.75. The third-order valence-corrected chi connectivity index (χ3v) is 6.72. The molecule has 0 saturated carbocycles. The van der Waals surface area contributed by atoms with Crippen LogP contribution in [0.1, 0.15) is 31.0 Å². The molecule has 1 aromatic carbocycles. The summed E-state index contributed by atoms with van der Waals surface area (Å²) in [7, 11) is 2.10. The van der Waals surface area contributed by atoms with Gasteiger partial charge in [0.2, 0.25) is 11.8 Å². The van der Waals surface area contributed by atoms with Crippen molar-refractivity contribution in [3.05, 3.63) is 47.8 Å². The van der Waals surface area contributed by atoms with Gasteiger partial charge in [-0.2, -0.15) is 0 Å². The van der Waals surface area contributed by atoms with Crippen LogP contribution in [0.3, 0.4) is 0 Å². The highest BCUT2D eigenvalue weighted by Gasteiger charge is 2.43. The van der Waals surface area contributed by atoms with Gasteiger partial charge >= 0.3 is 0 Å². The minimum absolute atomic E-state index is 0.0327. The SMILES string of the molecule is CC(=O)NCCNC(=O)[C@H]1CN2CC[C@H]1C[C@@H]2Cn1cc(CN(C)Cc2ccccc2)nn1. The molecule has 2 aromatic rings. The lowest BCUT2D eigenvalue weighted by Gasteiger charge is -2.49. The molecule has 9 heteroatoms. The van der Waals surface area contributed by atoms with E-state index in [4.69, 9.17) is 0 Å². The standard InChI is InChI=1S/C24H35N7O2/c1-18(32)25-9-10-26-24(33)23-17-30-11-8-20(23)12-22(30)16-31-15-21(27-28-31)14-29(2)13-19-6-4-3-5-7-19/h3-7,15,20,22-23H,8-14,16-17H2,1-2H3,(H,25,32)(H,26,33)/t20-,22+,23-/m0/s1. The van der Waals surface area contributed by atoms with E-state index in [0.717, 1.165) is 51.3 Å². The number of hydrogen-bond acceptors (Lipinski definition) is 6. The van der Waals surface area contributed by atoms with Crippen molar-refractivity contribution in [2.75, 3.05) is 33.2 Å². The molecule has 3 aliphatic rings. The van der Waals surface area contributed by atoms with Crippen molar-refractivity contribution >= 4 is 11.8 Å².